The quantitative estimate of drug-likeness (QED) is 0.896. The number of pyridine rings is 1. The minimum atomic E-state index is -3.68. The van der Waals surface area contributed by atoms with Gasteiger partial charge in [0.2, 0.25) is 0 Å². The van der Waals surface area contributed by atoms with E-state index in [-0.39, 0.29) is 10.7 Å². The summed E-state index contributed by atoms with van der Waals surface area (Å²) in [6.45, 7) is 0. The van der Waals surface area contributed by atoms with E-state index in [9.17, 15) is 8.42 Å². The lowest BCUT2D eigenvalue weighted by Gasteiger charge is -2.12. The number of para-hydroxylation sites is 1. The molecule has 2 N–H and O–H groups in total. The van der Waals surface area contributed by atoms with E-state index in [1.54, 1.807) is 37.4 Å². The maximum Gasteiger partial charge on any atom is 0.265 e. The van der Waals surface area contributed by atoms with Gasteiger partial charge in [0.05, 0.1) is 10.2 Å². The van der Waals surface area contributed by atoms with Crippen LogP contribution < -0.4 is 10.0 Å². The van der Waals surface area contributed by atoms with Gasteiger partial charge in [0.15, 0.2) is 5.82 Å². The van der Waals surface area contributed by atoms with Crippen molar-refractivity contribution in [3.8, 4) is 0 Å². The van der Waals surface area contributed by atoms with E-state index in [4.69, 9.17) is 0 Å². The molecule has 0 amide bonds. The molecule has 0 bridgehead atoms. The fourth-order valence-corrected chi connectivity index (χ4v) is 3.28. The monoisotopic (exact) mass is 341 g/mol. The van der Waals surface area contributed by atoms with E-state index in [1.165, 1.54) is 12.3 Å². The average molecular weight is 342 g/mol. The van der Waals surface area contributed by atoms with E-state index in [0.29, 0.717) is 10.2 Å². The van der Waals surface area contributed by atoms with Crippen LogP contribution in [0.4, 0.5) is 11.5 Å². The number of rotatable bonds is 4. The van der Waals surface area contributed by atoms with Gasteiger partial charge >= 0.3 is 0 Å². The predicted octanol–water partition coefficient (Wildman–Crippen LogP) is 2.69. The highest BCUT2D eigenvalue weighted by Gasteiger charge is 2.19. The third-order valence-electron chi connectivity index (χ3n) is 2.44. The van der Waals surface area contributed by atoms with Gasteiger partial charge in [0, 0.05) is 13.2 Å². The lowest BCUT2D eigenvalue weighted by Crippen LogP contribution is -2.15. The molecule has 0 aliphatic carbocycles. The molecule has 7 heteroatoms. The number of halogens is 1. The van der Waals surface area contributed by atoms with E-state index in [0.717, 1.165) is 0 Å². The van der Waals surface area contributed by atoms with E-state index >= 15 is 0 Å². The zero-order chi connectivity index (χ0) is 13.9. The van der Waals surface area contributed by atoms with Crippen LogP contribution in [-0.4, -0.2) is 20.4 Å². The Labute approximate surface area is 120 Å². The second kappa shape index (κ2) is 5.58. The lowest BCUT2D eigenvalue weighted by atomic mass is 10.3. The molecule has 1 aromatic carbocycles. The Morgan fingerprint density at radius 1 is 1.16 bits per heavy atom. The summed E-state index contributed by atoms with van der Waals surface area (Å²) >= 11 is 3.25. The number of hydrogen-bond acceptors (Lipinski definition) is 4. The number of sulfonamides is 1. The van der Waals surface area contributed by atoms with Crippen molar-refractivity contribution in [2.75, 3.05) is 17.1 Å². The second-order valence-corrected chi connectivity index (χ2v) is 6.19. The normalized spacial score (nSPS) is 11.1. The van der Waals surface area contributed by atoms with Crippen LogP contribution in [0.15, 0.2) is 52.0 Å². The molecule has 0 saturated heterocycles. The molecule has 0 atom stereocenters. The highest BCUT2D eigenvalue weighted by molar-refractivity contribution is 9.10. The fraction of sp³-hybridized carbons (Fsp3) is 0.0833. The summed E-state index contributed by atoms with van der Waals surface area (Å²) in [7, 11) is -2.01. The molecule has 0 unspecified atom stereocenters. The molecule has 1 heterocycles. The van der Waals surface area contributed by atoms with Crippen molar-refractivity contribution in [3.63, 3.8) is 0 Å². The molecule has 0 fully saturated rings. The molecule has 2 aromatic rings. The first kappa shape index (κ1) is 13.8. The molecule has 0 radical (unpaired) electrons. The number of nitrogens with one attached hydrogen (secondary N) is 2. The first-order chi connectivity index (χ1) is 9.04. The Bertz CT molecular complexity index is 689. The Hall–Kier alpha value is -1.60. The lowest BCUT2D eigenvalue weighted by molar-refractivity contribution is 0.601. The van der Waals surface area contributed by atoms with Gasteiger partial charge in [-0.3, -0.25) is 4.72 Å². The molecule has 0 spiro atoms. The third kappa shape index (κ3) is 3.05. The molecule has 1 aromatic heterocycles. The van der Waals surface area contributed by atoms with Gasteiger partial charge in [-0.15, -0.1) is 0 Å². The van der Waals surface area contributed by atoms with Crippen LogP contribution in [0.5, 0.6) is 0 Å². The van der Waals surface area contributed by atoms with Crippen LogP contribution >= 0.6 is 15.9 Å². The van der Waals surface area contributed by atoms with Crippen molar-refractivity contribution in [1.29, 1.82) is 0 Å². The Morgan fingerprint density at radius 2 is 1.89 bits per heavy atom. The summed E-state index contributed by atoms with van der Waals surface area (Å²) in [5.41, 5.74) is 0.530. The maximum atomic E-state index is 12.3. The number of aromatic nitrogens is 1. The average Bonchev–Trinajstić information content (AvgIpc) is 2.41. The summed E-state index contributed by atoms with van der Waals surface area (Å²) in [5, 5.41) is 2.85. The van der Waals surface area contributed by atoms with Crippen molar-refractivity contribution >= 4 is 37.5 Å². The molecule has 19 heavy (non-hydrogen) atoms. The minimum Gasteiger partial charge on any atom is -0.387 e. The van der Waals surface area contributed by atoms with E-state index in [1.807, 2.05) is 0 Å². The maximum absolute atomic E-state index is 12.3. The van der Waals surface area contributed by atoms with Crippen molar-refractivity contribution in [1.82, 2.24) is 4.98 Å². The summed E-state index contributed by atoms with van der Waals surface area (Å²) in [4.78, 5) is 4.16. The molecule has 5 nitrogen and oxygen atoms in total. The van der Waals surface area contributed by atoms with Gasteiger partial charge in [-0.1, -0.05) is 12.1 Å². The van der Waals surface area contributed by atoms with Crippen LogP contribution in [0.1, 0.15) is 0 Å². The van der Waals surface area contributed by atoms with Gasteiger partial charge < -0.3 is 5.32 Å². The van der Waals surface area contributed by atoms with Crippen LogP contribution in [0.25, 0.3) is 0 Å². The van der Waals surface area contributed by atoms with Crippen molar-refractivity contribution in [2.45, 2.75) is 4.90 Å². The largest absolute Gasteiger partial charge is 0.387 e. The summed E-state index contributed by atoms with van der Waals surface area (Å²) in [6.07, 6.45) is 1.52. The van der Waals surface area contributed by atoms with Gasteiger partial charge in [0.1, 0.15) is 4.90 Å². The standard InChI is InChI=1S/C12H12BrN3O2S/c1-14-10-6-2-3-7-11(10)19(17,18)16-12-9(13)5-4-8-15-12/h2-8,14H,1H3,(H,15,16). The Kier molecular flexibility index (Phi) is 4.06. The topological polar surface area (TPSA) is 71.1 Å². The number of hydrogen-bond donors (Lipinski definition) is 2. The zero-order valence-electron chi connectivity index (χ0n) is 10.1. The summed E-state index contributed by atoms with van der Waals surface area (Å²) < 4.78 is 27.7. The highest BCUT2D eigenvalue weighted by atomic mass is 79.9. The zero-order valence-corrected chi connectivity index (χ0v) is 12.5. The molecular formula is C12H12BrN3O2S. The number of benzene rings is 1. The van der Waals surface area contributed by atoms with Crippen molar-refractivity contribution < 1.29 is 8.42 Å². The van der Waals surface area contributed by atoms with Crippen molar-refractivity contribution in [3.05, 3.63) is 47.1 Å². The van der Waals surface area contributed by atoms with E-state index in [2.05, 4.69) is 31.0 Å². The number of anilines is 2. The molecular weight excluding hydrogens is 330 g/mol. The smallest absolute Gasteiger partial charge is 0.265 e. The first-order valence-electron chi connectivity index (χ1n) is 5.45. The molecule has 0 aliphatic rings. The predicted molar refractivity (Wildman–Crippen MR) is 78.7 cm³/mol. The SMILES string of the molecule is CNc1ccccc1S(=O)(=O)Nc1ncccc1Br. The minimum absolute atomic E-state index is 0.176. The van der Waals surface area contributed by atoms with Crippen LogP contribution in [0, 0.1) is 0 Å². The van der Waals surface area contributed by atoms with Crippen LogP contribution in [0.3, 0.4) is 0 Å². The molecule has 2 rings (SSSR count). The summed E-state index contributed by atoms with van der Waals surface area (Å²) in [6, 6.07) is 10.1. The van der Waals surface area contributed by atoms with Crippen molar-refractivity contribution in [2.24, 2.45) is 0 Å². The van der Waals surface area contributed by atoms with Gasteiger partial charge in [0.25, 0.3) is 10.0 Å². The van der Waals surface area contributed by atoms with E-state index < -0.39 is 10.0 Å². The molecule has 0 saturated carbocycles. The van der Waals surface area contributed by atoms with Gasteiger partial charge in [-0.25, -0.2) is 13.4 Å². The highest BCUT2D eigenvalue weighted by Crippen LogP contribution is 2.25. The Morgan fingerprint density at radius 3 is 2.58 bits per heavy atom. The fourth-order valence-electron chi connectivity index (χ4n) is 1.55. The van der Waals surface area contributed by atoms with Gasteiger partial charge in [-0.05, 0) is 40.2 Å². The first-order valence-corrected chi connectivity index (χ1v) is 7.72. The molecule has 100 valence electrons. The Balaban J connectivity index is 2.41. The summed E-state index contributed by atoms with van der Waals surface area (Å²) in [5.74, 6) is 0.258. The second-order valence-electron chi connectivity index (χ2n) is 3.69. The number of nitrogens with zero attached hydrogens (tertiary/aromatic N) is 1. The van der Waals surface area contributed by atoms with Crippen LogP contribution in [-0.2, 0) is 10.0 Å². The third-order valence-corrected chi connectivity index (χ3v) is 4.47. The molecule has 0 aliphatic heterocycles. The van der Waals surface area contributed by atoms with Gasteiger partial charge in [-0.2, -0.15) is 0 Å². The van der Waals surface area contributed by atoms with Crippen LogP contribution in [0.2, 0.25) is 0 Å².